The number of methoxy groups -OCH3 is 2. The van der Waals surface area contributed by atoms with Crippen molar-refractivity contribution in [1.82, 2.24) is 0 Å². The maximum Gasteiger partial charge on any atom is 0.300 e. The number of rotatable bonds is 5. The largest absolute Gasteiger partial charge is 0.507 e. The monoisotopic (exact) mass is 447 g/mol. The molecule has 1 amide bonds. The number of Topliss-reactive ketones (excluding diaryl/α,β-unsaturated/α-hetero) is 1. The van der Waals surface area contributed by atoms with Crippen LogP contribution in [0, 0.1) is 12.7 Å². The van der Waals surface area contributed by atoms with Crippen molar-refractivity contribution in [2.45, 2.75) is 13.0 Å². The van der Waals surface area contributed by atoms with E-state index in [2.05, 4.69) is 0 Å². The molecule has 1 saturated heterocycles. The topological polar surface area (TPSA) is 76.1 Å². The Morgan fingerprint density at radius 1 is 0.970 bits per heavy atom. The summed E-state index contributed by atoms with van der Waals surface area (Å²) in [5.41, 5.74) is 1.84. The Morgan fingerprint density at radius 2 is 1.67 bits per heavy atom. The normalized spacial score (nSPS) is 17.3. The minimum Gasteiger partial charge on any atom is -0.507 e. The zero-order valence-corrected chi connectivity index (χ0v) is 18.3. The number of aliphatic hydroxyl groups is 1. The van der Waals surface area contributed by atoms with Gasteiger partial charge in [0.2, 0.25) is 0 Å². The first-order chi connectivity index (χ1) is 15.9. The van der Waals surface area contributed by atoms with Crippen LogP contribution in [0.2, 0.25) is 0 Å². The summed E-state index contributed by atoms with van der Waals surface area (Å²) in [6.45, 7) is 1.82. The lowest BCUT2D eigenvalue weighted by Gasteiger charge is -2.27. The SMILES string of the molecule is COc1ccc(OC)c(/C(O)=C2\C(=O)C(=O)N(c3ccccc3C)C2c2ccc(F)cc2)c1. The number of halogens is 1. The van der Waals surface area contributed by atoms with Crippen LogP contribution in [0.4, 0.5) is 10.1 Å². The Hall–Kier alpha value is -4.13. The number of para-hydroxylation sites is 1. The average Bonchev–Trinajstić information content (AvgIpc) is 3.09. The molecule has 0 aromatic heterocycles. The van der Waals surface area contributed by atoms with Crippen LogP contribution in [0.5, 0.6) is 11.5 Å². The molecular formula is C26H22FNO5. The summed E-state index contributed by atoms with van der Waals surface area (Å²) in [5, 5.41) is 11.3. The Labute approximate surface area is 190 Å². The van der Waals surface area contributed by atoms with Crippen molar-refractivity contribution < 1.29 is 28.6 Å². The van der Waals surface area contributed by atoms with E-state index in [1.807, 2.05) is 19.1 Å². The van der Waals surface area contributed by atoms with Crippen LogP contribution in [0.3, 0.4) is 0 Å². The van der Waals surface area contributed by atoms with Gasteiger partial charge in [0.05, 0.1) is 31.4 Å². The van der Waals surface area contributed by atoms with Crippen molar-refractivity contribution in [3.05, 3.63) is 94.8 Å². The number of carbonyl (C=O) groups excluding carboxylic acids is 2. The summed E-state index contributed by atoms with van der Waals surface area (Å²) in [7, 11) is 2.91. The van der Waals surface area contributed by atoms with Crippen LogP contribution in [0.25, 0.3) is 5.76 Å². The average molecular weight is 447 g/mol. The van der Waals surface area contributed by atoms with E-state index in [-0.39, 0.29) is 11.1 Å². The van der Waals surface area contributed by atoms with Crippen molar-refractivity contribution in [3.63, 3.8) is 0 Å². The predicted octanol–water partition coefficient (Wildman–Crippen LogP) is 4.78. The van der Waals surface area contributed by atoms with Gasteiger partial charge >= 0.3 is 0 Å². The highest BCUT2D eigenvalue weighted by Gasteiger charge is 2.47. The van der Waals surface area contributed by atoms with Gasteiger partial charge in [-0.05, 0) is 54.4 Å². The van der Waals surface area contributed by atoms with Gasteiger partial charge in [-0.15, -0.1) is 0 Å². The number of aryl methyl sites for hydroxylation is 1. The maximum absolute atomic E-state index is 13.7. The molecule has 1 unspecified atom stereocenters. The predicted molar refractivity (Wildman–Crippen MR) is 122 cm³/mol. The molecule has 0 radical (unpaired) electrons. The quantitative estimate of drug-likeness (QED) is 0.346. The number of ketones is 1. The van der Waals surface area contributed by atoms with Crippen molar-refractivity contribution >= 4 is 23.1 Å². The lowest BCUT2D eigenvalue weighted by molar-refractivity contribution is -0.132. The van der Waals surface area contributed by atoms with Gasteiger partial charge in [0.1, 0.15) is 23.1 Å². The molecule has 3 aromatic rings. The van der Waals surface area contributed by atoms with Crippen LogP contribution < -0.4 is 14.4 Å². The second-order valence-electron chi connectivity index (χ2n) is 7.57. The van der Waals surface area contributed by atoms with Crippen LogP contribution in [-0.2, 0) is 9.59 Å². The van der Waals surface area contributed by atoms with Crippen molar-refractivity contribution in [2.24, 2.45) is 0 Å². The minimum absolute atomic E-state index is 0.124. The fraction of sp³-hybridized carbons (Fsp3) is 0.154. The number of benzene rings is 3. The molecule has 4 rings (SSSR count). The van der Waals surface area contributed by atoms with E-state index in [1.165, 1.54) is 49.5 Å². The molecule has 1 heterocycles. The number of hydrogen-bond donors (Lipinski definition) is 1. The number of ether oxygens (including phenoxy) is 2. The summed E-state index contributed by atoms with van der Waals surface area (Å²) in [5.74, 6) is -1.77. The summed E-state index contributed by atoms with van der Waals surface area (Å²) < 4.78 is 24.3. The van der Waals surface area contributed by atoms with Gasteiger partial charge in [0.15, 0.2) is 0 Å². The zero-order chi connectivity index (χ0) is 23.7. The van der Waals surface area contributed by atoms with E-state index in [1.54, 1.807) is 24.3 Å². The molecule has 0 saturated carbocycles. The maximum atomic E-state index is 13.7. The molecule has 1 atom stereocenters. The van der Waals surface area contributed by atoms with Gasteiger partial charge < -0.3 is 14.6 Å². The number of hydrogen-bond acceptors (Lipinski definition) is 5. The van der Waals surface area contributed by atoms with Crippen LogP contribution in [0.15, 0.2) is 72.3 Å². The third-order valence-corrected chi connectivity index (χ3v) is 5.67. The fourth-order valence-corrected chi connectivity index (χ4v) is 4.02. The Kier molecular flexibility index (Phi) is 5.87. The number of amides is 1. The number of carbonyl (C=O) groups is 2. The van der Waals surface area contributed by atoms with Gasteiger partial charge in [-0.1, -0.05) is 30.3 Å². The molecule has 0 aliphatic carbocycles. The van der Waals surface area contributed by atoms with Crippen molar-refractivity contribution in [1.29, 1.82) is 0 Å². The van der Waals surface area contributed by atoms with Crippen LogP contribution >= 0.6 is 0 Å². The second-order valence-corrected chi connectivity index (χ2v) is 7.57. The summed E-state index contributed by atoms with van der Waals surface area (Å²) in [6, 6.07) is 16.4. The first-order valence-corrected chi connectivity index (χ1v) is 10.2. The highest BCUT2D eigenvalue weighted by Crippen LogP contribution is 2.44. The van der Waals surface area contributed by atoms with Crippen molar-refractivity contribution in [3.8, 4) is 11.5 Å². The van der Waals surface area contributed by atoms with E-state index in [9.17, 15) is 19.1 Å². The van der Waals surface area contributed by atoms with Gasteiger partial charge in [-0.3, -0.25) is 14.5 Å². The molecule has 33 heavy (non-hydrogen) atoms. The van der Waals surface area contributed by atoms with Gasteiger partial charge in [-0.2, -0.15) is 0 Å². The molecule has 0 bridgehead atoms. The molecule has 7 heteroatoms. The lowest BCUT2D eigenvalue weighted by atomic mass is 9.94. The Bertz CT molecular complexity index is 1270. The molecule has 1 aliphatic heterocycles. The highest BCUT2D eigenvalue weighted by molar-refractivity contribution is 6.51. The number of anilines is 1. The molecule has 1 N–H and O–H groups in total. The summed E-state index contributed by atoms with van der Waals surface area (Å²) >= 11 is 0. The Morgan fingerprint density at radius 3 is 2.30 bits per heavy atom. The molecular weight excluding hydrogens is 425 g/mol. The molecule has 168 valence electrons. The van der Waals surface area contributed by atoms with E-state index >= 15 is 0 Å². The highest BCUT2D eigenvalue weighted by atomic mass is 19.1. The van der Waals surface area contributed by atoms with E-state index in [0.717, 1.165) is 5.56 Å². The van der Waals surface area contributed by atoms with E-state index in [0.29, 0.717) is 22.7 Å². The third kappa shape index (κ3) is 3.82. The molecule has 3 aromatic carbocycles. The molecule has 0 spiro atoms. The standard InChI is InChI=1S/C26H22FNO5/c1-15-6-4-5-7-20(15)28-23(16-8-10-17(27)11-9-16)22(25(30)26(28)31)24(29)19-14-18(32-2)12-13-21(19)33-3/h4-14,23,29H,1-3H3/b24-22+. The summed E-state index contributed by atoms with van der Waals surface area (Å²) in [6.07, 6.45) is 0. The fourth-order valence-electron chi connectivity index (χ4n) is 4.02. The number of nitrogens with zero attached hydrogens (tertiary/aromatic N) is 1. The smallest absolute Gasteiger partial charge is 0.300 e. The lowest BCUT2D eigenvalue weighted by Crippen LogP contribution is -2.30. The molecule has 1 fully saturated rings. The summed E-state index contributed by atoms with van der Waals surface area (Å²) in [4.78, 5) is 27.8. The van der Waals surface area contributed by atoms with E-state index < -0.39 is 29.3 Å². The first kappa shape index (κ1) is 22.1. The third-order valence-electron chi connectivity index (χ3n) is 5.67. The Balaban J connectivity index is 2.00. The van der Waals surface area contributed by atoms with Crippen molar-refractivity contribution in [2.75, 3.05) is 19.1 Å². The van der Waals surface area contributed by atoms with Crippen LogP contribution in [-0.4, -0.2) is 31.0 Å². The van der Waals surface area contributed by atoms with Gasteiger partial charge in [0.25, 0.3) is 11.7 Å². The zero-order valence-electron chi connectivity index (χ0n) is 18.3. The second kappa shape index (κ2) is 8.78. The molecule has 1 aliphatic rings. The number of aliphatic hydroxyl groups excluding tert-OH is 1. The molecule has 6 nitrogen and oxygen atoms in total. The van der Waals surface area contributed by atoms with Gasteiger partial charge in [0, 0.05) is 5.69 Å². The van der Waals surface area contributed by atoms with E-state index in [4.69, 9.17) is 9.47 Å². The van der Waals surface area contributed by atoms with Crippen LogP contribution in [0.1, 0.15) is 22.7 Å². The minimum atomic E-state index is -0.970. The van der Waals surface area contributed by atoms with Gasteiger partial charge in [-0.25, -0.2) is 4.39 Å². The first-order valence-electron chi connectivity index (χ1n) is 10.2.